The van der Waals surface area contributed by atoms with Crippen LogP contribution >= 0.6 is 0 Å². The Hall–Kier alpha value is -1.51. The third kappa shape index (κ3) is 4.27. The molecule has 0 aliphatic rings. The molecule has 0 saturated heterocycles. The molecular formula is C16H25NO2. The van der Waals surface area contributed by atoms with E-state index in [4.69, 9.17) is 4.74 Å². The van der Waals surface area contributed by atoms with Gasteiger partial charge in [-0.3, -0.25) is 0 Å². The Kier molecular flexibility index (Phi) is 5.40. The quantitative estimate of drug-likeness (QED) is 0.822. The van der Waals surface area contributed by atoms with Gasteiger partial charge >= 0.3 is 5.97 Å². The normalized spacial score (nSPS) is 12.9. The molecule has 0 aromatic heterocycles. The highest BCUT2D eigenvalue weighted by Gasteiger charge is 2.22. The molecule has 0 bridgehead atoms. The number of hydrogen-bond acceptors (Lipinski definition) is 3. The predicted octanol–water partition coefficient (Wildman–Crippen LogP) is 3.74. The standard InChI is InChI=1S/C16H25NO2/c1-6-13(15(18)19-7-2)17-14-11-9-8-10-12(14)16(3,4)5/h8-11,13,17H,6-7H2,1-5H3. The van der Waals surface area contributed by atoms with Crippen molar-refractivity contribution in [2.45, 2.75) is 52.5 Å². The highest BCUT2D eigenvalue weighted by atomic mass is 16.5. The number of ether oxygens (including phenoxy) is 1. The van der Waals surface area contributed by atoms with Crippen LogP contribution in [0.2, 0.25) is 0 Å². The van der Waals surface area contributed by atoms with Crippen molar-refractivity contribution in [3.63, 3.8) is 0 Å². The molecule has 0 heterocycles. The van der Waals surface area contributed by atoms with Gasteiger partial charge in [-0.25, -0.2) is 4.79 Å². The maximum Gasteiger partial charge on any atom is 0.328 e. The van der Waals surface area contributed by atoms with Crippen LogP contribution in [-0.4, -0.2) is 18.6 Å². The van der Waals surface area contributed by atoms with Crippen molar-refractivity contribution in [2.75, 3.05) is 11.9 Å². The van der Waals surface area contributed by atoms with Crippen molar-refractivity contribution in [1.82, 2.24) is 0 Å². The van der Waals surface area contributed by atoms with E-state index < -0.39 is 0 Å². The minimum Gasteiger partial charge on any atom is -0.464 e. The first-order chi connectivity index (χ1) is 8.90. The molecule has 1 atom stereocenters. The van der Waals surface area contributed by atoms with Gasteiger partial charge in [0.1, 0.15) is 6.04 Å². The van der Waals surface area contributed by atoms with E-state index in [0.717, 1.165) is 5.69 Å². The van der Waals surface area contributed by atoms with Gasteiger partial charge < -0.3 is 10.1 Å². The van der Waals surface area contributed by atoms with E-state index in [2.05, 4.69) is 32.2 Å². The van der Waals surface area contributed by atoms with E-state index in [1.54, 1.807) is 0 Å². The molecule has 1 aromatic rings. The van der Waals surface area contributed by atoms with Gasteiger partial charge in [-0.05, 0) is 30.4 Å². The Morgan fingerprint density at radius 1 is 1.26 bits per heavy atom. The Bertz CT molecular complexity index is 421. The van der Waals surface area contributed by atoms with E-state index in [9.17, 15) is 4.79 Å². The molecular weight excluding hydrogens is 238 g/mol. The average Bonchev–Trinajstić information content (AvgIpc) is 2.35. The maximum absolute atomic E-state index is 11.9. The molecule has 1 rings (SSSR count). The monoisotopic (exact) mass is 263 g/mol. The minimum absolute atomic E-state index is 0.0382. The molecule has 0 saturated carbocycles. The Morgan fingerprint density at radius 3 is 2.42 bits per heavy atom. The summed E-state index contributed by atoms with van der Waals surface area (Å²) in [5.41, 5.74) is 2.25. The lowest BCUT2D eigenvalue weighted by atomic mass is 9.85. The molecule has 3 nitrogen and oxygen atoms in total. The van der Waals surface area contributed by atoms with Crippen molar-refractivity contribution < 1.29 is 9.53 Å². The van der Waals surface area contributed by atoms with E-state index in [0.29, 0.717) is 13.0 Å². The summed E-state index contributed by atoms with van der Waals surface area (Å²) in [4.78, 5) is 11.9. The van der Waals surface area contributed by atoms with Crippen LogP contribution in [0, 0.1) is 0 Å². The number of rotatable bonds is 5. The van der Waals surface area contributed by atoms with Crippen LogP contribution in [0.15, 0.2) is 24.3 Å². The third-order valence-electron chi connectivity index (χ3n) is 3.04. The number of benzene rings is 1. The summed E-state index contributed by atoms with van der Waals surface area (Å²) >= 11 is 0. The molecule has 19 heavy (non-hydrogen) atoms. The van der Waals surface area contributed by atoms with Gasteiger partial charge in [-0.15, -0.1) is 0 Å². The zero-order valence-electron chi connectivity index (χ0n) is 12.6. The molecule has 0 fully saturated rings. The van der Waals surface area contributed by atoms with E-state index in [1.807, 2.05) is 32.0 Å². The summed E-state index contributed by atoms with van der Waals surface area (Å²) < 4.78 is 5.09. The van der Waals surface area contributed by atoms with Crippen molar-refractivity contribution in [3.05, 3.63) is 29.8 Å². The lowest BCUT2D eigenvalue weighted by Gasteiger charge is -2.25. The zero-order chi connectivity index (χ0) is 14.5. The topological polar surface area (TPSA) is 38.3 Å². The summed E-state index contributed by atoms with van der Waals surface area (Å²) in [6, 6.07) is 7.83. The van der Waals surface area contributed by atoms with Crippen molar-refractivity contribution >= 4 is 11.7 Å². The highest BCUT2D eigenvalue weighted by Crippen LogP contribution is 2.29. The smallest absolute Gasteiger partial charge is 0.328 e. The molecule has 0 radical (unpaired) electrons. The minimum atomic E-state index is -0.288. The van der Waals surface area contributed by atoms with E-state index in [1.165, 1.54) is 5.56 Å². The van der Waals surface area contributed by atoms with Crippen molar-refractivity contribution in [3.8, 4) is 0 Å². The largest absolute Gasteiger partial charge is 0.464 e. The lowest BCUT2D eigenvalue weighted by Crippen LogP contribution is -2.31. The molecule has 106 valence electrons. The fourth-order valence-electron chi connectivity index (χ4n) is 2.02. The number of carbonyl (C=O) groups excluding carboxylic acids is 1. The number of nitrogens with one attached hydrogen (secondary N) is 1. The first kappa shape index (κ1) is 15.5. The van der Waals surface area contributed by atoms with E-state index in [-0.39, 0.29) is 17.4 Å². The fourth-order valence-corrected chi connectivity index (χ4v) is 2.02. The van der Waals surface area contributed by atoms with Crippen LogP contribution < -0.4 is 5.32 Å². The molecule has 0 aliphatic heterocycles. The van der Waals surface area contributed by atoms with Gasteiger partial charge in [0.05, 0.1) is 6.61 Å². The van der Waals surface area contributed by atoms with E-state index >= 15 is 0 Å². The molecule has 0 aliphatic carbocycles. The summed E-state index contributed by atoms with van der Waals surface area (Å²) in [5.74, 6) is -0.186. The second-order valence-electron chi connectivity index (χ2n) is 5.65. The Labute approximate surface area is 116 Å². The highest BCUT2D eigenvalue weighted by molar-refractivity contribution is 5.79. The summed E-state index contributed by atoms with van der Waals surface area (Å²) in [7, 11) is 0. The van der Waals surface area contributed by atoms with Crippen molar-refractivity contribution in [1.29, 1.82) is 0 Å². The number of carbonyl (C=O) groups is 1. The maximum atomic E-state index is 11.9. The molecule has 1 N–H and O–H groups in total. The Balaban J connectivity index is 2.95. The first-order valence-corrected chi connectivity index (χ1v) is 6.92. The van der Waals surface area contributed by atoms with Gasteiger partial charge in [0.15, 0.2) is 0 Å². The van der Waals surface area contributed by atoms with Gasteiger partial charge in [0.25, 0.3) is 0 Å². The van der Waals surface area contributed by atoms with Gasteiger partial charge in [0, 0.05) is 5.69 Å². The predicted molar refractivity (Wildman–Crippen MR) is 79.5 cm³/mol. The summed E-state index contributed by atoms with van der Waals surface area (Å²) in [6.07, 6.45) is 0.706. The Morgan fingerprint density at radius 2 is 1.89 bits per heavy atom. The fraction of sp³-hybridized carbons (Fsp3) is 0.562. The SMILES string of the molecule is CCOC(=O)C(CC)Nc1ccccc1C(C)(C)C. The van der Waals surface area contributed by atoms with Gasteiger partial charge in [0.2, 0.25) is 0 Å². The molecule has 1 aromatic carbocycles. The molecule has 0 amide bonds. The second-order valence-corrected chi connectivity index (χ2v) is 5.65. The summed E-state index contributed by atoms with van der Waals surface area (Å²) in [6.45, 7) is 10.7. The lowest BCUT2D eigenvalue weighted by molar-refractivity contribution is -0.144. The van der Waals surface area contributed by atoms with Crippen molar-refractivity contribution in [2.24, 2.45) is 0 Å². The average molecular weight is 263 g/mol. The van der Waals surface area contributed by atoms with Gasteiger partial charge in [-0.2, -0.15) is 0 Å². The number of hydrogen-bond donors (Lipinski definition) is 1. The number of para-hydroxylation sites is 1. The second kappa shape index (κ2) is 6.60. The van der Waals surface area contributed by atoms with Crippen LogP contribution in [-0.2, 0) is 14.9 Å². The van der Waals surface area contributed by atoms with Crippen LogP contribution in [0.4, 0.5) is 5.69 Å². The van der Waals surface area contributed by atoms with Gasteiger partial charge in [-0.1, -0.05) is 45.9 Å². The number of anilines is 1. The third-order valence-corrected chi connectivity index (χ3v) is 3.04. The summed E-state index contributed by atoms with van der Waals surface area (Å²) in [5, 5.41) is 3.31. The molecule has 1 unspecified atom stereocenters. The number of esters is 1. The molecule has 3 heteroatoms. The van der Waals surface area contributed by atoms with Crippen LogP contribution in [0.1, 0.15) is 46.6 Å². The van der Waals surface area contributed by atoms with Crippen LogP contribution in [0.5, 0.6) is 0 Å². The van der Waals surface area contributed by atoms with Crippen LogP contribution in [0.3, 0.4) is 0 Å². The molecule has 0 spiro atoms. The van der Waals surface area contributed by atoms with Crippen LogP contribution in [0.25, 0.3) is 0 Å². The zero-order valence-corrected chi connectivity index (χ0v) is 12.6. The first-order valence-electron chi connectivity index (χ1n) is 6.92.